The minimum absolute atomic E-state index is 0.153. The van der Waals surface area contributed by atoms with Gasteiger partial charge in [-0.3, -0.25) is 9.59 Å². The number of ether oxygens (including phenoxy) is 1. The molecule has 2 heterocycles. The number of H-pyrrole nitrogens is 1. The minimum Gasteiger partial charge on any atom is -0.383 e. The van der Waals surface area contributed by atoms with E-state index < -0.39 is 0 Å². The second kappa shape index (κ2) is 7.23. The summed E-state index contributed by atoms with van der Waals surface area (Å²) in [6, 6.07) is 1.89. The van der Waals surface area contributed by atoms with Gasteiger partial charge in [-0.05, 0) is 26.0 Å². The Balaban J connectivity index is 2.24. The van der Waals surface area contributed by atoms with Crippen LogP contribution in [0.25, 0.3) is 17.1 Å². The minimum atomic E-state index is -0.247. The zero-order valence-corrected chi connectivity index (χ0v) is 13.9. The molecule has 0 atom stereocenters. The Labute approximate surface area is 134 Å². The Morgan fingerprint density at radius 3 is 2.91 bits per heavy atom. The van der Waals surface area contributed by atoms with Crippen LogP contribution in [0, 0.1) is 0 Å². The number of amides is 1. The third-order valence-corrected chi connectivity index (χ3v) is 3.53. The number of nitrogens with one attached hydrogen (secondary N) is 1. The number of hydrogen-bond acceptors (Lipinski definition) is 4. The zero-order valence-electron chi connectivity index (χ0n) is 13.9. The molecule has 0 bridgehead atoms. The van der Waals surface area contributed by atoms with Gasteiger partial charge in [0.05, 0.1) is 12.8 Å². The number of rotatable bonds is 6. The summed E-state index contributed by atoms with van der Waals surface area (Å²) in [6.45, 7) is 4.95. The fourth-order valence-electron chi connectivity index (χ4n) is 2.17. The van der Waals surface area contributed by atoms with Gasteiger partial charge in [-0.1, -0.05) is 0 Å². The van der Waals surface area contributed by atoms with Gasteiger partial charge in [0.2, 0.25) is 5.91 Å². The SMILES string of the molecule is COCCN(C)C(=O)/C=C/c1cc2cnn(C(C)C)c2[nH]c1=O. The van der Waals surface area contributed by atoms with Crippen molar-refractivity contribution in [2.24, 2.45) is 0 Å². The van der Waals surface area contributed by atoms with E-state index in [1.54, 1.807) is 31.1 Å². The predicted octanol–water partition coefficient (Wildman–Crippen LogP) is 1.42. The van der Waals surface area contributed by atoms with Crippen molar-refractivity contribution in [1.82, 2.24) is 19.7 Å². The number of likely N-dealkylation sites (N-methyl/N-ethyl adjacent to an activating group) is 1. The summed E-state index contributed by atoms with van der Waals surface area (Å²) in [6.07, 6.45) is 4.62. The first-order chi connectivity index (χ1) is 10.9. The van der Waals surface area contributed by atoms with Crippen molar-refractivity contribution in [2.45, 2.75) is 19.9 Å². The summed E-state index contributed by atoms with van der Waals surface area (Å²) in [7, 11) is 3.27. The maximum atomic E-state index is 12.2. The van der Waals surface area contributed by atoms with E-state index in [2.05, 4.69) is 10.1 Å². The number of fused-ring (bicyclic) bond motifs is 1. The number of methoxy groups -OCH3 is 1. The number of aromatic amines is 1. The highest BCUT2D eigenvalue weighted by Crippen LogP contribution is 2.15. The van der Waals surface area contributed by atoms with Gasteiger partial charge < -0.3 is 14.6 Å². The van der Waals surface area contributed by atoms with Crippen LogP contribution in [-0.4, -0.2) is 52.9 Å². The van der Waals surface area contributed by atoms with Gasteiger partial charge in [-0.2, -0.15) is 5.10 Å². The molecule has 124 valence electrons. The van der Waals surface area contributed by atoms with Crippen molar-refractivity contribution < 1.29 is 9.53 Å². The van der Waals surface area contributed by atoms with Crippen LogP contribution in [-0.2, 0) is 9.53 Å². The van der Waals surface area contributed by atoms with Crippen molar-refractivity contribution >= 4 is 23.0 Å². The standard InChI is InChI=1S/C16H22N4O3/c1-11(2)20-15-13(10-17-20)9-12(16(22)18-15)5-6-14(21)19(3)7-8-23-4/h5-6,9-11H,7-8H2,1-4H3,(H,18,22)/b6-5+. The molecular formula is C16H22N4O3. The summed E-state index contributed by atoms with van der Waals surface area (Å²) >= 11 is 0. The molecule has 7 nitrogen and oxygen atoms in total. The lowest BCUT2D eigenvalue weighted by molar-refractivity contribution is -0.125. The molecule has 1 amide bonds. The van der Waals surface area contributed by atoms with Crippen LogP contribution in [0.15, 0.2) is 23.1 Å². The van der Waals surface area contributed by atoms with Gasteiger partial charge in [0.25, 0.3) is 5.56 Å². The molecule has 0 fully saturated rings. The zero-order chi connectivity index (χ0) is 17.0. The summed E-state index contributed by atoms with van der Waals surface area (Å²) in [5, 5.41) is 5.10. The Kier molecular flexibility index (Phi) is 5.33. The van der Waals surface area contributed by atoms with Crippen LogP contribution < -0.4 is 5.56 Å². The molecule has 2 aromatic rings. The van der Waals surface area contributed by atoms with Crippen LogP contribution >= 0.6 is 0 Å². The van der Waals surface area contributed by atoms with E-state index in [0.29, 0.717) is 24.4 Å². The van der Waals surface area contributed by atoms with E-state index in [-0.39, 0.29) is 17.5 Å². The normalized spacial score (nSPS) is 11.7. The number of nitrogens with zero attached hydrogens (tertiary/aromatic N) is 3. The van der Waals surface area contributed by atoms with Crippen molar-refractivity contribution in [3.63, 3.8) is 0 Å². The first-order valence-corrected chi connectivity index (χ1v) is 7.46. The second-order valence-corrected chi connectivity index (χ2v) is 5.63. The summed E-state index contributed by atoms with van der Waals surface area (Å²) < 4.78 is 6.69. The van der Waals surface area contributed by atoms with Gasteiger partial charge in [0.1, 0.15) is 5.65 Å². The highest BCUT2D eigenvalue weighted by molar-refractivity contribution is 5.92. The Hall–Kier alpha value is -2.41. The maximum absolute atomic E-state index is 12.2. The lowest BCUT2D eigenvalue weighted by atomic mass is 10.2. The van der Waals surface area contributed by atoms with E-state index in [1.807, 2.05) is 13.8 Å². The number of carbonyl (C=O) groups excluding carboxylic acids is 1. The van der Waals surface area contributed by atoms with E-state index in [4.69, 9.17) is 4.74 Å². The maximum Gasteiger partial charge on any atom is 0.256 e. The molecular weight excluding hydrogens is 296 g/mol. The van der Waals surface area contributed by atoms with Gasteiger partial charge in [-0.15, -0.1) is 0 Å². The lowest BCUT2D eigenvalue weighted by Gasteiger charge is -2.13. The molecule has 2 aromatic heterocycles. The topological polar surface area (TPSA) is 80.2 Å². The van der Waals surface area contributed by atoms with Gasteiger partial charge in [0.15, 0.2) is 0 Å². The van der Waals surface area contributed by atoms with Crippen molar-refractivity contribution in [2.75, 3.05) is 27.3 Å². The molecule has 0 aliphatic rings. The first-order valence-electron chi connectivity index (χ1n) is 7.46. The molecule has 0 saturated heterocycles. The Morgan fingerprint density at radius 2 is 2.26 bits per heavy atom. The summed E-state index contributed by atoms with van der Waals surface area (Å²) in [5.74, 6) is -0.181. The highest BCUT2D eigenvalue weighted by atomic mass is 16.5. The molecule has 0 aliphatic heterocycles. The van der Waals surface area contributed by atoms with E-state index in [9.17, 15) is 9.59 Å². The number of aromatic nitrogens is 3. The Morgan fingerprint density at radius 1 is 1.52 bits per heavy atom. The van der Waals surface area contributed by atoms with Crippen molar-refractivity contribution in [3.8, 4) is 0 Å². The number of hydrogen-bond donors (Lipinski definition) is 1. The van der Waals surface area contributed by atoms with Crippen LogP contribution in [0.2, 0.25) is 0 Å². The Bertz CT molecular complexity index is 773. The molecule has 1 N–H and O–H groups in total. The largest absolute Gasteiger partial charge is 0.383 e. The fourth-order valence-corrected chi connectivity index (χ4v) is 2.17. The van der Waals surface area contributed by atoms with E-state index in [1.165, 1.54) is 17.1 Å². The van der Waals surface area contributed by atoms with Gasteiger partial charge in [-0.25, -0.2) is 4.68 Å². The van der Waals surface area contributed by atoms with Crippen LogP contribution in [0.4, 0.5) is 0 Å². The predicted molar refractivity (Wildman–Crippen MR) is 89.3 cm³/mol. The average Bonchev–Trinajstić information content (AvgIpc) is 2.92. The van der Waals surface area contributed by atoms with E-state index >= 15 is 0 Å². The number of carbonyl (C=O) groups is 1. The smallest absolute Gasteiger partial charge is 0.256 e. The average molecular weight is 318 g/mol. The molecule has 0 saturated carbocycles. The molecule has 2 rings (SSSR count). The van der Waals surface area contributed by atoms with Crippen LogP contribution in [0.1, 0.15) is 25.5 Å². The van der Waals surface area contributed by atoms with E-state index in [0.717, 1.165) is 5.39 Å². The number of pyridine rings is 1. The fraction of sp³-hybridized carbons (Fsp3) is 0.438. The third kappa shape index (κ3) is 3.87. The molecule has 0 unspecified atom stereocenters. The second-order valence-electron chi connectivity index (χ2n) is 5.63. The highest BCUT2D eigenvalue weighted by Gasteiger charge is 2.09. The molecule has 0 radical (unpaired) electrons. The lowest BCUT2D eigenvalue weighted by Crippen LogP contribution is -2.28. The van der Waals surface area contributed by atoms with Crippen LogP contribution in [0.5, 0.6) is 0 Å². The van der Waals surface area contributed by atoms with Gasteiger partial charge in [0, 0.05) is 43.8 Å². The quantitative estimate of drug-likeness (QED) is 0.817. The first kappa shape index (κ1) is 17.0. The van der Waals surface area contributed by atoms with Gasteiger partial charge >= 0.3 is 0 Å². The van der Waals surface area contributed by atoms with Crippen molar-refractivity contribution in [3.05, 3.63) is 34.3 Å². The molecule has 0 aromatic carbocycles. The van der Waals surface area contributed by atoms with Crippen LogP contribution in [0.3, 0.4) is 0 Å². The molecule has 7 heteroatoms. The molecule has 0 aliphatic carbocycles. The molecule has 0 spiro atoms. The monoisotopic (exact) mass is 318 g/mol. The summed E-state index contributed by atoms with van der Waals surface area (Å²) in [4.78, 5) is 28.5. The molecule has 23 heavy (non-hydrogen) atoms. The third-order valence-electron chi connectivity index (χ3n) is 3.53. The van der Waals surface area contributed by atoms with Crippen molar-refractivity contribution in [1.29, 1.82) is 0 Å². The summed E-state index contributed by atoms with van der Waals surface area (Å²) in [5.41, 5.74) is 0.864.